The summed E-state index contributed by atoms with van der Waals surface area (Å²) in [4.78, 5) is 0. The summed E-state index contributed by atoms with van der Waals surface area (Å²) in [5.74, 6) is 0. The minimum Gasteiger partial charge on any atom is -0.392 e. The second-order valence-electron chi connectivity index (χ2n) is 3.31. The van der Waals surface area contributed by atoms with Crippen LogP contribution in [0.2, 0.25) is 0 Å². The van der Waals surface area contributed by atoms with Crippen LogP contribution >= 0.6 is 0 Å². The van der Waals surface area contributed by atoms with E-state index < -0.39 is 0 Å². The average molecular weight is 179 g/mol. The molecule has 0 saturated carbocycles. The third-order valence-corrected chi connectivity index (χ3v) is 2.13. The van der Waals surface area contributed by atoms with Crippen LogP contribution in [0.25, 0.3) is 0 Å². The molecule has 0 saturated heterocycles. The molecular formula is C11H17NO. The van der Waals surface area contributed by atoms with Crippen LogP contribution in [0.4, 0.5) is 5.69 Å². The molecule has 0 aliphatic carbocycles. The van der Waals surface area contributed by atoms with Gasteiger partial charge in [0.05, 0.1) is 6.61 Å². The van der Waals surface area contributed by atoms with Gasteiger partial charge in [-0.1, -0.05) is 19.1 Å². The molecule has 0 amide bonds. The molecule has 0 aliphatic rings. The first kappa shape index (κ1) is 10.1. The maximum Gasteiger partial charge on any atom is 0.0682 e. The summed E-state index contributed by atoms with van der Waals surface area (Å²) >= 11 is 0. The van der Waals surface area contributed by atoms with Crippen LogP contribution in [-0.4, -0.2) is 11.1 Å². The minimum absolute atomic E-state index is 0.107. The Labute approximate surface area is 79.6 Å². The first-order valence-corrected chi connectivity index (χ1v) is 4.72. The van der Waals surface area contributed by atoms with Crippen LogP contribution in [0.5, 0.6) is 0 Å². The topological polar surface area (TPSA) is 32.3 Å². The quantitative estimate of drug-likeness (QED) is 0.743. The highest BCUT2D eigenvalue weighted by molar-refractivity contribution is 5.46. The summed E-state index contributed by atoms with van der Waals surface area (Å²) < 4.78 is 0. The van der Waals surface area contributed by atoms with Gasteiger partial charge in [0.2, 0.25) is 0 Å². The van der Waals surface area contributed by atoms with Crippen LogP contribution in [0.1, 0.15) is 25.8 Å². The van der Waals surface area contributed by atoms with Crippen molar-refractivity contribution in [3.05, 3.63) is 29.8 Å². The fourth-order valence-corrected chi connectivity index (χ4v) is 1.15. The fourth-order valence-electron chi connectivity index (χ4n) is 1.15. The van der Waals surface area contributed by atoms with E-state index in [0.29, 0.717) is 6.04 Å². The number of rotatable bonds is 4. The molecule has 0 aromatic heterocycles. The van der Waals surface area contributed by atoms with Gasteiger partial charge in [-0.25, -0.2) is 0 Å². The van der Waals surface area contributed by atoms with Crippen LogP contribution in [-0.2, 0) is 6.61 Å². The minimum atomic E-state index is 0.107. The van der Waals surface area contributed by atoms with E-state index in [0.717, 1.165) is 17.7 Å². The molecule has 0 spiro atoms. The van der Waals surface area contributed by atoms with Crippen molar-refractivity contribution >= 4 is 5.69 Å². The Morgan fingerprint density at radius 2 is 2.23 bits per heavy atom. The molecule has 1 unspecified atom stereocenters. The highest BCUT2D eigenvalue weighted by Gasteiger charge is 1.98. The second kappa shape index (κ2) is 4.87. The summed E-state index contributed by atoms with van der Waals surface area (Å²) in [5.41, 5.74) is 2.04. The zero-order valence-corrected chi connectivity index (χ0v) is 8.25. The van der Waals surface area contributed by atoms with Gasteiger partial charge < -0.3 is 10.4 Å². The molecular weight excluding hydrogens is 162 g/mol. The van der Waals surface area contributed by atoms with Crippen molar-refractivity contribution in [2.24, 2.45) is 0 Å². The molecule has 72 valence electrons. The summed E-state index contributed by atoms with van der Waals surface area (Å²) in [5, 5.41) is 12.3. The summed E-state index contributed by atoms with van der Waals surface area (Å²) in [6.07, 6.45) is 1.10. The standard InChI is InChI=1S/C11H17NO/c1-3-9(2)12-11-6-4-5-10(7-11)8-13/h4-7,9,12-13H,3,8H2,1-2H3. The van der Waals surface area contributed by atoms with Crippen LogP contribution in [0, 0.1) is 0 Å². The van der Waals surface area contributed by atoms with Crippen molar-refractivity contribution in [2.45, 2.75) is 32.9 Å². The Morgan fingerprint density at radius 1 is 1.46 bits per heavy atom. The van der Waals surface area contributed by atoms with E-state index in [1.54, 1.807) is 0 Å². The molecule has 0 fully saturated rings. The van der Waals surface area contributed by atoms with Gasteiger partial charge in [-0.3, -0.25) is 0 Å². The van der Waals surface area contributed by atoms with Gasteiger partial charge in [0, 0.05) is 11.7 Å². The van der Waals surface area contributed by atoms with E-state index in [1.165, 1.54) is 0 Å². The highest BCUT2D eigenvalue weighted by Crippen LogP contribution is 2.12. The molecule has 0 bridgehead atoms. The number of benzene rings is 1. The molecule has 1 aromatic rings. The van der Waals surface area contributed by atoms with Crippen LogP contribution in [0.15, 0.2) is 24.3 Å². The van der Waals surface area contributed by atoms with E-state index in [-0.39, 0.29) is 6.61 Å². The summed E-state index contributed by atoms with van der Waals surface area (Å²) in [6, 6.07) is 8.35. The number of hydrogen-bond donors (Lipinski definition) is 2. The van der Waals surface area contributed by atoms with Crippen molar-refractivity contribution in [3.8, 4) is 0 Å². The molecule has 1 aromatic carbocycles. The van der Waals surface area contributed by atoms with Gasteiger partial charge in [-0.15, -0.1) is 0 Å². The lowest BCUT2D eigenvalue weighted by Crippen LogP contribution is -2.13. The Balaban J connectivity index is 2.66. The summed E-state index contributed by atoms with van der Waals surface area (Å²) in [6.45, 7) is 4.40. The molecule has 0 aliphatic heterocycles. The van der Waals surface area contributed by atoms with Gasteiger partial charge >= 0.3 is 0 Å². The molecule has 1 rings (SSSR count). The third kappa shape index (κ3) is 3.07. The smallest absolute Gasteiger partial charge is 0.0682 e. The third-order valence-electron chi connectivity index (χ3n) is 2.13. The fraction of sp³-hybridized carbons (Fsp3) is 0.455. The SMILES string of the molecule is CCC(C)Nc1cccc(CO)c1. The number of anilines is 1. The monoisotopic (exact) mass is 179 g/mol. The average Bonchev–Trinajstić information content (AvgIpc) is 2.18. The Morgan fingerprint density at radius 3 is 2.85 bits per heavy atom. The molecule has 2 N–H and O–H groups in total. The van der Waals surface area contributed by atoms with Crippen molar-refractivity contribution < 1.29 is 5.11 Å². The first-order chi connectivity index (χ1) is 6.26. The zero-order valence-electron chi connectivity index (χ0n) is 8.25. The van der Waals surface area contributed by atoms with E-state index in [4.69, 9.17) is 5.11 Å². The van der Waals surface area contributed by atoms with E-state index >= 15 is 0 Å². The number of aliphatic hydroxyl groups excluding tert-OH is 1. The molecule has 1 atom stereocenters. The van der Waals surface area contributed by atoms with Crippen LogP contribution < -0.4 is 5.32 Å². The molecule has 2 heteroatoms. The molecule has 13 heavy (non-hydrogen) atoms. The van der Waals surface area contributed by atoms with E-state index in [2.05, 4.69) is 19.2 Å². The number of aliphatic hydroxyl groups is 1. The first-order valence-electron chi connectivity index (χ1n) is 4.72. The van der Waals surface area contributed by atoms with Crippen molar-refractivity contribution in [1.29, 1.82) is 0 Å². The lowest BCUT2D eigenvalue weighted by atomic mass is 10.2. The number of hydrogen-bond acceptors (Lipinski definition) is 2. The largest absolute Gasteiger partial charge is 0.392 e. The van der Waals surface area contributed by atoms with Gasteiger partial charge in [0.15, 0.2) is 0 Å². The molecule has 2 nitrogen and oxygen atoms in total. The van der Waals surface area contributed by atoms with Gasteiger partial charge in [0.25, 0.3) is 0 Å². The Hall–Kier alpha value is -1.02. The second-order valence-corrected chi connectivity index (χ2v) is 3.31. The Kier molecular flexibility index (Phi) is 3.77. The normalized spacial score (nSPS) is 12.5. The van der Waals surface area contributed by atoms with Crippen molar-refractivity contribution in [3.63, 3.8) is 0 Å². The van der Waals surface area contributed by atoms with Gasteiger partial charge in [0.1, 0.15) is 0 Å². The van der Waals surface area contributed by atoms with Gasteiger partial charge in [-0.05, 0) is 31.0 Å². The van der Waals surface area contributed by atoms with Gasteiger partial charge in [-0.2, -0.15) is 0 Å². The summed E-state index contributed by atoms with van der Waals surface area (Å²) in [7, 11) is 0. The van der Waals surface area contributed by atoms with Crippen LogP contribution in [0.3, 0.4) is 0 Å². The lowest BCUT2D eigenvalue weighted by molar-refractivity contribution is 0.282. The lowest BCUT2D eigenvalue weighted by Gasteiger charge is -2.13. The molecule has 0 radical (unpaired) electrons. The Bertz CT molecular complexity index is 260. The number of nitrogens with one attached hydrogen (secondary N) is 1. The maximum atomic E-state index is 8.93. The highest BCUT2D eigenvalue weighted by atomic mass is 16.3. The molecule has 0 heterocycles. The van der Waals surface area contributed by atoms with E-state index in [9.17, 15) is 0 Å². The predicted octanol–water partition coefficient (Wildman–Crippen LogP) is 2.39. The van der Waals surface area contributed by atoms with E-state index in [1.807, 2.05) is 24.3 Å². The van der Waals surface area contributed by atoms with Crippen molar-refractivity contribution in [2.75, 3.05) is 5.32 Å². The van der Waals surface area contributed by atoms with Crippen molar-refractivity contribution in [1.82, 2.24) is 0 Å². The predicted molar refractivity (Wildman–Crippen MR) is 55.7 cm³/mol. The maximum absolute atomic E-state index is 8.93. The zero-order chi connectivity index (χ0) is 9.68.